The normalized spacial score (nSPS) is 13.2. The Kier molecular flexibility index (Phi) is 3.38. The van der Waals surface area contributed by atoms with Gasteiger partial charge in [0.05, 0.1) is 0 Å². The second-order valence-electron chi connectivity index (χ2n) is 4.04. The molecular formula is C14H9F3O2. The van der Waals surface area contributed by atoms with Gasteiger partial charge in [-0.25, -0.2) is 0 Å². The quantitative estimate of drug-likeness (QED) is 0.631. The number of halogens is 3. The fourth-order valence-electron chi connectivity index (χ4n) is 1.97. The van der Waals surface area contributed by atoms with Crippen LogP contribution in [0.4, 0.5) is 13.2 Å². The molecule has 1 atom stereocenters. The molecule has 0 aliphatic heterocycles. The van der Waals surface area contributed by atoms with Crippen molar-refractivity contribution in [1.82, 2.24) is 0 Å². The molecule has 0 N–H and O–H groups in total. The van der Waals surface area contributed by atoms with Crippen LogP contribution in [0.5, 0.6) is 0 Å². The molecule has 5 heteroatoms. The first-order valence-electron chi connectivity index (χ1n) is 5.49. The fraction of sp³-hybridized carbons (Fsp3) is 0.143. The van der Waals surface area contributed by atoms with Crippen LogP contribution in [0.25, 0.3) is 10.8 Å². The van der Waals surface area contributed by atoms with Crippen molar-refractivity contribution in [2.45, 2.75) is 12.1 Å². The predicted octanol–water partition coefficient (Wildman–Crippen LogP) is 3.25. The minimum atomic E-state index is -5.03. The van der Waals surface area contributed by atoms with E-state index in [1.54, 1.807) is 30.3 Å². The Balaban J connectivity index is 2.59. The molecule has 0 fully saturated rings. The average Bonchev–Trinajstić information content (AvgIpc) is 2.38. The first-order chi connectivity index (χ1) is 8.95. The number of fused-ring (bicyclic) bond motifs is 1. The molecule has 2 aromatic rings. The summed E-state index contributed by atoms with van der Waals surface area (Å²) < 4.78 is 37.4. The Morgan fingerprint density at radius 3 is 2.32 bits per heavy atom. The van der Waals surface area contributed by atoms with Crippen molar-refractivity contribution in [3.63, 3.8) is 0 Å². The summed E-state index contributed by atoms with van der Waals surface area (Å²) in [6.07, 6.45) is -4.99. The van der Waals surface area contributed by atoms with Gasteiger partial charge in [0.15, 0.2) is 0 Å². The zero-order valence-corrected chi connectivity index (χ0v) is 9.65. The second kappa shape index (κ2) is 4.84. The maximum absolute atomic E-state index is 12.5. The van der Waals surface area contributed by atoms with Crippen molar-refractivity contribution < 1.29 is 22.8 Å². The minimum absolute atomic E-state index is 0.0393. The van der Waals surface area contributed by atoms with E-state index in [1.807, 2.05) is 0 Å². The number of alkyl halides is 3. The van der Waals surface area contributed by atoms with Crippen molar-refractivity contribution in [2.75, 3.05) is 0 Å². The molecule has 0 saturated carbocycles. The Morgan fingerprint density at radius 1 is 1.05 bits per heavy atom. The van der Waals surface area contributed by atoms with Gasteiger partial charge in [-0.05, 0) is 16.3 Å². The lowest BCUT2D eigenvalue weighted by atomic mass is 9.91. The molecule has 0 spiro atoms. The zero-order chi connectivity index (χ0) is 14.0. The number of aldehydes is 1. The number of carbonyl (C=O) groups is 2. The smallest absolute Gasteiger partial charge is 0.302 e. The summed E-state index contributed by atoms with van der Waals surface area (Å²) in [5.74, 6) is -3.86. The van der Waals surface area contributed by atoms with Gasteiger partial charge in [0, 0.05) is 0 Å². The molecule has 2 rings (SSSR count). The van der Waals surface area contributed by atoms with Crippen LogP contribution in [0, 0.1) is 0 Å². The van der Waals surface area contributed by atoms with E-state index >= 15 is 0 Å². The number of carbonyl (C=O) groups excluding carboxylic acids is 2. The molecule has 0 amide bonds. The molecule has 19 heavy (non-hydrogen) atoms. The number of Topliss-reactive ketones (excluding diaryl/α,β-unsaturated/α-hetero) is 1. The summed E-state index contributed by atoms with van der Waals surface area (Å²) in [6, 6.07) is 11.3. The van der Waals surface area contributed by atoms with Crippen molar-refractivity contribution in [2.24, 2.45) is 0 Å². The van der Waals surface area contributed by atoms with E-state index in [-0.39, 0.29) is 11.8 Å². The molecule has 0 radical (unpaired) electrons. The van der Waals surface area contributed by atoms with Crippen LogP contribution in [0.3, 0.4) is 0 Å². The first-order valence-corrected chi connectivity index (χ1v) is 5.49. The van der Waals surface area contributed by atoms with E-state index in [4.69, 9.17) is 0 Å². The van der Waals surface area contributed by atoms with E-state index in [0.717, 1.165) is 0 Å². The van der Waals surface area contributed by atoms with Gasteiger partial charge in [0.2, 0.25) is 0 Å². The number of rotatable bonds is 3. The standard InChI is InChI=1S/C14H9F3O2/c15-14(16,17)13(19)12(8-18)11-7-3-5-9-4-1-2-6-10(9)11/h1-8,12H. The maximum atomic E-state index is 12.5. The summed E-state index contributed by atoms with van der Waals surface area (Å²) in [6.45, 7) is 0. The van der Waals surface area contributed by atoms with Crippen molar-refractivity contribution in [1.29, 1.82) is 0 Å². The largest absolute Gasteiger partial charge is 0.451 e. The first kappa shape index (κ1) is 13.3. The third kappa shape index (κ3) is 2.50. The molecule has 2 nitrogen and oxygen atoms in total. The van der Waals surface area contributed by atoms with Gasteiger partial charge in [-0.1, -0.05) is 42.5 Å². The lowest BCUT2D eigenvalue weighted by Crippen LogP contribution is -2.30. The zero-order valence-electron chi connectivity index (χ0n) is 9.65. The topological polar surface area (TPSA) is 34.1 Å². The van der Waals surface area contributed by atoms with Crippen LogP contribution in [0.15, 0.2) is 42.5 Å². The number of benzene rings is 2. The second-order valence-corrected chi connectivity index (χ2v) is 4.04. The van der Waals surface area contributed by atoms with E-state index < -0.39 is 17.9 Å². The molecule has 2 aromatic carbocycles. The lowest BCUT2D eigenvalue weighted by molar-refractivity contribution is -0.172. The predicted molar refractivity (Wildman–Crippen MR) is 63.8 cm³/mol. The van der Waals surface area contributed by atoms with Crippen LogP contribution < -0.4 is 0 Å². The molecule has 0 aromatic heterocycles. The monoisotopic (exact) mass is 266 g/mol. The Labute approximate surface area is 106 Å². The summed E-state index contributed by atoms with van der Waals surface area (Å²) >= 11 is 0. The van der Waals surface area contributed by atoms with E-state index in [0.29, 0.717) is 10.8 Å². The van der Waals surface area contributed by atoms with Crippen LogP contribution >= 0.6 is 0 Å². The number of ketones is 1. The van der Waals surface area contributed by atoms with Crippen LogP contribution in [0.2, 0.25) is 0 Å². The van der Waals surface area contributed by atoms with E-state index in [1.165, 1.54) is 12.1 Å². The molecule has 0 aliphatic carbocycles. The maximum Gasteiger partial charge on any atom is 0.451 e. The van der Waals surface area contributed by atoms with Crippen molar-refractivity contribution in [3.8, 4) is 0 Å². The van der Waals surface area contributed by atoms with Crippen LogP contribution in [-0.2, 0) is 9.59 Å². The van der Waals surface area contributed by atoms with Gasteiger partial charge in [-0.3, -0.25) is 4.79 Å². The summed E-state index contributed by atoms with van der Waals surface area (Å²) in [5, 5.41) is 1.15. The SMILES string of the molecule is O=CC(C(=O)C(F)(F)F)c1cccc2ccccc12. The van der Waals surface area contributed by atoms with Gasteiger partial charge >= 0.3 is 6.18 Å². The van der Waals surface area contributed by atoms with Crippen LogP contribution in [-0.4, -0.2) is 18.2 Å². The van der Waals surface area contributed by atoms with Gasteiger partial charge < -0.3 is 4.79 Å². The highest BCUT2D eigenvalue weighted by Crippen LogP contribution is 2.30. The Hall–Kier alpha value is -2.17. The van der Waals surface area contributed by atoms with Crippen molar-refractivity contribution >= 4 is 22.8 Å². The van der Waals surface area contributed by atoms with Gasteiger partial charge in [-0.15, -0.1) is 0 Å². The minimum Gasteiger partial charge on any atom is -0.302 e. The highest BCUT2D eigenvalue weighted by Gasteiger charge is 2.44. The summed E-state index contributed by atoms with van der Waals surface area (Å²) in [7, 11) is 0. The summed E-state index contributed by atoms with van der Waals surface area (Å²) in [4.78, 5) is 22.2. The number of hydrogen-bond acceptors (Lipinski definition) is 2. The molecule has 0 saturated heterocycles. The van der Waals surface area contributed by atoms with Gasteiger partial charge in [0.25, 0.3) is 5.78 Å². The van der Waals surface area contributed by atoms with E-state index in [2.05, 4.69) is 0 Å². The molecule has 0 bridgehead atoms. The number of hydrogen-bond donors (Lipinski definition) is 0. The fourth-order valence-corrected chi connectivity index (χ4v) is 1.97. The molecule has 98 valence electrons. The highest BCUT2D eigenvalue weighted by molar-refractivity contribution is 6.05. The lowest BCUT2D eigenvalue weighted by Gasteiger charge is -2.14. The molecular weight excluding hydrogens is 257 g/mol. The van der Waals surface area contributed by atoms with Crippen LogP contribution in [0.1, 0.15) is 11.5 Å². The Morgan fingerprint density at radius 2 is 1.68 bits per heavy atom. The average molecular weight is 266 g/mol. The Bertz CT molecular complexity index is 627. The molecule has 1 unspecified atom stereocenters. The summed E-state index contributed by atoms with van der Waals surface area (Å²) in [5.41, 5.74) is 0.0791. The van der Waals surface area contributed by atoms with Gasteiger partial charge in [-0.2, -0.15) is 13.2 Å². The third-order valence-electron chi connectivity index (χ3n) is 2.86. The van der Waals surface area contributed by atoms with Crippen molar-refractivity contribution in [3.05, 3.63) is 48.0 Å². The van der Waals surface area contributed by atoms with E-state index in [9.17, 15) is 22.8 Å². The highest BCUT2D eigenvalue weighted by atomic mass is 19.4. The molecule has 0 heterocycles. The van der Waals surface area contributed by atoms with Gasteiger partial charge in [0.1, 0.15) is 12.2 Å². The molecule has 0 aliphatic rings. The third-order valence-corrected chi connectivity index (χ3v) is 2.86.